The molecule has 0 bridgehead atoms. The summed E-state index contributed by atoms with van der Waals surface area (Å²) < 4.78 is 0. The summed E-state index contributed by atoms with van der Waals surface area (Å²) in [5.74, 6) is 0.178. The SMILES string of the molecule is CC(C)(C)c1cc(NC(=O)c2cc(N)cc(N)c2)n[nH]1. The molecule has 0 aliphatic rings. The molecule has 0 aliphatic carbocycles. The van der Waals surface area contributed by atoms with Gasteiger partial charge in [0.25, 0.3) is 5.91 Å². The lowest BCUT2D eigenvalue weighted by atomic mass is 9.92. The summed E-state index contributed by atoms with van der Waals surface area (Å²) in [5, 5.41) is 9.70. The molecule has 0 spiro atoms. The molecule has 0 saturated carbocycles. The first-order chi connectivity index (χ1) is 9.25. The zero-order chi connectivity index (χ0) is 14.9. The Morgan fingerprint density at radius 2 is 1.75 bits per heavy atom. The number of aromatic nitrogens is 2. The average molecular weight is 273 g/mol. The van der Waals surface area contributed by atoms with Gasteiger partial charge in [0.2, 0.25) is 0 Å². The summed E-state index contributed by atoms with van der Waals surface area (Å²) >= 11 is 0. The maximum Gasteiger partial charge on any atom is 0.257 e. The number of anilines is 3. The summed E-state index contributed by atoms with van der Waals surface area (Å²) in [6.07, 6.45) is 0. The molecule has 20 heavy (non-hydrogen) atoms. The van der Waals surface area contributed by atoms with Crippen molar-refractivity contribution in [1.29, 1.82) is 0 Å². The number of nitrogens with zero attached hydrogens (tertiary/aromatic N) is 1. The lowest BCUT2D eigenvalue weighted by Crippen LogP contribution is -2.13. The first kappa shape index (κ1) is 13.9. The van der Waals surface area contributed by atoms with E-state index in [4.69, 9.17) is 11.5 Å². The van der Waals surface area contributed by atoms with Crippen molar-refractivity contribution >= 4 is 23.1 Å². The number of nitrogens with two attached hydrogens (primary N) is 2. The van der Waals surface area contributed by atoms with Crippen LogP contribution in [0.2, 0.25) is 0 Å². The Kier molecular flexibility index (Phi) is 3.40. The van der Waals surface area contributed by atoms with Crippen molar-refractivity contribution in [2.24, 2.45) is 0 Å². The molecule has 6 heteroatoms. The van der Waals surface area contributed by atoms with Gasteiger partial charge in [0.05, 0.1) is 0 Å². The number of carbonyl (C=O) groups is 1. The van der Waals surface area contributed by atoms with Crippen LogP contribution in [0.4, 0.5) is 17.2 Å². The fourth-order valence-corrected chi connectivity index (χ4v) is 1.77. The number of carbonyl (C=O) groups excluding carboxylic acids is 1. The van der Waals surface area contributed by atoms with Crippen LogP contribution < -0.4 is 16.8 Å². The molecule has 0 aliphatic heterocycles. The van der Waals surface area contributed by atoms with Gasteiger partial charge in [-0.25, -0.2) is 0 Å². The molecule has 106 valence electrons. The van der Waals surface area contributed by atoms with Crippen LogP contribution in [0, 0.1) is 0 Å². The topological polar surface area (TPSA) is 110 Å². The molecule has 0 fully saturated rings. The molecule has 1 heterocycles. The fraction of sp³-hybridized carbons (Fsp3) is 0.286. The number of nitrogen functional groups attached to an aromatic ring is 2. The molecule has 2 aromatic rings. The zero-order valence-corrected chi connectivity index (χ0v) is 11.8. The Bertz CT molecular complexity index is 619. The minimum atomic E-state index is -0.295. The van der Waals surface area contributed by atoms with Gasteiger partial charge < -0.3 is 16.8 Å². The molecule has 1 aromatic carbocycles. The highest BCUT2D eigenvalue weighted by Gasteiger charge is 2.17. The van der Waals surface area contributed by atoms with Gasteiger partial charge in [-0.1, -0.05) is 20.8 Å². The van der Waals surface area contributed by atoms with Gasteiger partial charge in [-0.3, -0.25) is 9.89 Å². The molecule has 2 rings (SSSR count). The fourth-order valence-electron chi connectivity index (χ4n) is 1.77. The number of aromatic amines is 1. The molecule has 0 radical (unpaired) electrons. The quantitative estimate of drug-likeness (QED) is 0.628. The Balaban J connectivity index is 2.17. The number of hydrogen-bond donors (Lipinski definition) is 4. The normalized spacial score (nSPS) is 11.3. The Labute approximate surface area is 117 Å². The molecule has 1 aromatic heterocycles. The smallest absolute Gasteiger partial charge is 0.257 e. The lowest BCUT2D eigenvalue weighted by Gasteiger charge is -2.14. The Hall–Kier alpha value is -2.50. The van der Waals surface area contributed by atoms with E-state index < -0.39 is 0 Å². The number of H-pyrrole nitrogens is 1. The van der Waals surface area contributed by atoms with Crippen molar-refractivity contribution in [2.75, 3.05) is 16.8 Å². The van der Waals surface area contributed by atoms with Crippen LogP contribution in [0.25, 0.3) is 0 Å². The van der Waals surface area contributed by atoms with Gasteiger partial charge in [-0.2, -0.15) is 5.10 Å². The Morgan fingerprint density at radius 1 is 1.15 bits per heavy atom. The number of hydrogen-bond acceptors (Lipinski definition) is 4. The van der Waals surface area contributed by atoms with Crippen LogP contribution in [0.3, 0.4) is 0 Å². The standard InChI is InChI=1S/C14H19N5O/c1-14(2,3)11-7-12(19-18-11)17-13(20)8-4-9(15)6-10(16)5-8/h4-7H,15-16H2,1-3H3,(H2,17,18,19,20). The summed E-state index contributed by atoms with van der Waals surface area (Å²) in [6.45, 7) is 6.18. The van der Waals surface area contributed by atoms with Crippen LogP contribution >= 0.6 is 0 Å². The number of rotatable bonds is 2. The van der Waals surface area contributed by atoms with Crippen LogP contribution in [0.1, 0.15) is 36.8 Å². The predicted octanol–water partition coefficient (Wildman–Crippen LogP) is 2.12. The van der Waals surface area contributed by atoms with E-state index in [2.05, 4.69) is 36.3 Å². The molecule has 1 amide bonds. The van der Waals surface area contributed by atoms with Crippen molar-refractivity contribution in [1.82, 2.24) is 10.2 Å². The van der Waals surface area contributed by atoms with Crippen LogP contribution in [-0.4, -0.2) is 16.1 Å². The summed E-state index contributed by atoms with van der Waals surface area (Å²) in [7, 11) is 0. The van der Waals surface area contributed by atoms with Crippen LogP contribution in [-0.2, 0) is 5.41 Å². The van der Waals surface area contributed by atoms with E-state index in [0.29, 0.717) is 22.8 Å². The summed E-state index contributed by atoms with van der Waals surface area (Å²) in [6, 6.07) is 6.56. The molecular weight excluding hydrogens is 254 g/mol. The van der Waals surface area contributed by atoms with Crippen molar-refractivity contribution in [2.45, 2.75) is 26.2 Å². The minimum absolute atomic E-state index is 0.0580. The number of benzene rings is 1. The van der Waals surface area contributed by atoms with E-state index in [0.717, 1.165) is 5.69 Å². The second-order valence-corrected chi connectivity index (χ2v) is 5.76. The number of nitrogens with one attached hydrogen (secondary N) is 2. The van der Waals surface area contributed by atoms with Crippen LogP contribution in [0.15, 0.2) is 24.3 Å². The van der Waals surface area contributed by atoms with Crippen molar-refractivity contribution in [3.63, 3.8) is 0 Å². The van der Waals surface area contributed by atoms with E-state index in [1.54, 1.807) is 18.2 Å². The van der Waals surface area contributed by atoms with Gasteiger partial charge in [-0.05, 0) is 18.2 Å². The molecule has 0 saturated heterocycles. The first-order valence-electron chi connectivity index (χ1n) is 6.29. The van der Waals surface area contributed by atoms with Crippen molar-refractivity contribution in [3.8, 4) is 0 Å². The Morgan fingerprint density at radius 3 is 2.25 bits per heavy atom. The van der Waals surface area contributed by atoms with Gasteiger partial charge >= 0.3 is 0 Å². The first-order valence-corrected chi connectivity index (χ1v) is 6.29. The summed E-state index contributed by atoms with van der Waals surface area (Å²) in [4.78, 5) is 12.1. The molecule has 6 nitrogen and oxygen atoms in total. The maximum absolute atomic E-state index is 12.1. The molecular formula is C14H19N5O. The third-order valence-corrected chi connectivity index (χ3v) is 2.87. The molecule has 0 atom stereocenters. The highest BCUT2D eigenvalue weighted by atomic mass is 16.1. The highest BCUT2D eigenvalue weighted by molar-refractivity contribution is 6.04. The zero-order valence-electron chi connectivity index (χ0n) is 11.8. The van der Waals surface area contributed by atoms with Gasteiger partial charge in [-0.15, -0.1) is 0 Å². The van der Waals surface area contributed by atoms with Crippen molar-refractivity contribution < 1.29 is 4.79 Å². The highest BCUT2D eigenvalue weighted by Crippen LogP contribution is 2.22. The molecule has 6 N–H and O–H groups in total. The van der Waals surface area contributed by atoms with E-state index in [1.165, 1.54) is 0 Å². The van der Waals surface area contributed by atoms with E-state index in [9.17, 15) is 4.79 Å². The van der Waals surface area contributed by atoms with Gasteiger partial charge in [0.1, 0.15) is 0 Å². The monoisotopic (exact) mass is 273 g/mol. The van der Waals surface area contributed by atoms with E-state index >= 15 is 0 Å². The number of amides is 1. The van der Waals surface area contributed by atoms with Gasteiger partial charge in [0.15, 0.2) is 5.82 Å². The average Bonchev–Trinajstić information content (AvgIpc) is 2.75. The summed E-state index contributed by atoms with van der Waals surface area (Å²) in [5.41, 5.74) is 13.5. The largest absolute Gasteiger partial charge is 0.399 e. The van der Waals surface area contributed by atoms with E-state index in [-0.39, 0.29) is 11.3 Å². The van der Waals surface area contributed by atoms with Gasteiger partial charge in [0, 0.05) is 34.1 Å². The molecule has 0 unspecified atom stereocenters. The van der Waals surface area contributed by atoms with E-state index in [1.807, 2.05) is 6.07 Å². The predicted molar refractivity (Wildman–Crippen MR) is 80.5 cm³/mol. The maximum atomic E-state index is 12.1. The van der Waals surface area contributed by atoms with Crippen molar-refractivity contribution in [3.05, 3.63) is 35.5 Å². The second kappa shape index (κ2) is 4.88. The minimum Gasteiger partial charge on any atom is -0.399 e. The second-order valence-electron chi connectivity index (χ2n) is 5.76. The lowest BCUT2D eigenvalue weighted by molar-refractivity contribution is 0.102. The van der Waals surface area contributed by atoms with Crippen LogP contribution in [0.5, 0.6) is 0 Å². The third kappa shape index (κ3) is 3.09. The third-order valence-electron chi connectivity index (χ3n) is 2.87.